The normalized spacial score (nSPS) is 26.3. The highest BCUT2D eigenvalue weighted by molar-refractivity contribution is 5.93. The number of ether oxygens (including phenoxy) is 1. The molecule has 2 aliphatic carbocycles. The van der Waals surface area contributed by atoms with E-state index < -0.39 is 0 Å². The molecule has 0 amide bonds. The summed E-state index contributed by atoms with van der Waals surface area (Å²) < 4.78 is 5.28. The van der Waals surface area contributed by atoms with Crippen LogP contribution in [0.2, 0.25) is 0 Å². The molecule has 3 heteroatoms. The number of nitrogens with zero attached hydrogens (tertiary/aromatic N) is 1. The Bertz CT molecular complexity index is 471. The van der Waals surface area contributed by atoms with Crippen molar-refractivity contribution >= 4 is 5.71 Å². The average molecular weight is 231 g/mol. The van der Waals surface area contributed by atoms with Crippen LogP contribution in [0.25, 0.3) is 0 Å². The molecule has 0 heterocycles. The average Bonchev–Trinajstić information content (AvgIpc) is 2.34. The SMILES string of the molecule is COc1ccc2c(c1)CCCC21CC(=NO)C1. The first-order chi connectivity index (χ1) is 8.27. The van der Waals surface area contributed by atoms with Crippen molar-refractivity contribution in [3.63, 3.8) is 0 Å². The molecule has 0 saturated heterocycles. The number of fused-ring (bicyclic) bond motifs is 2. The molecular weight excluding hydrogens is 214 g/mol. The number of rotatable bonds is 1. The third-order valence-corrected chi connectivity index (χ3v) is 4.21. The number of benzene rings is 1. The zero-order valence-corrected chi connectivity index (χ0v) is 10.1. The molecule has 3 rings (SSSR count). The molecule has 0 bridgehead atoms. The van der Waals surface area contributed by atoms with Gasteiger partial charge in [0.15, 0.2) is 0 Å². The second kappa shape index (κ2) is 3.76. The van der Waals surface area contributed by atoms with E-state index in [9.17, 15) is 0 Å². The zero-order valence-electron chi connectivity index (χ0n) is 10.1. The first kappa shape index (κ1) is 10.6. The van der Waals surface area contributed by atoms with Crippen LogP contribution in [0.1, 0.15) is 36.8 Å². The van der Waals surface area contributed by atoms with E-state index in [-0.39, 0.29) is 5.41 Å². The fraction of sp³-hybridized carbons (Fsp3) is 0.500. The predicted molar refractivity (Wildman–Crippen MR) is 66.1 cm³/mol. The van der Waals surface area contributed by atoms with Crippen LogP contribution in [0.3, 0.4) is 0 Å². The molecule has 1 N–H and O–H groups in total. The number of hydrogen-bond acceptors (Lipinski definition) is 3. The molecule has 1 aromatic carbocycles. The molecule has 90 valence electrons. The van der Waals surface area contributed by atoms with Gasteiger partial charge in [0.2, 0.25) is 0 Å². The molecule has 1 aromatic rings. The molecule has 0 radical (unpaired) electrons. The Balaban J connectivity index is 1.98. The highest BCUT2D eigenvalue weighted by Gasteiger charge is 2.45. The number of oxime groups is 1. The number of methoxy groups -OCH3 is 1. The first-order valence-electron chi connectivity index (χ1n) is 6.15. The van der Waals surface area contributed by atoms with Crippen LogP contribution in [0.5, 0.6) is 5.75 Å². The van der Waals surface area contributed by atoms with Gasteiger partial charge in [0, 0.05) is 5.41 Å². The van der Waals surface area contributed by atoms with Crippen molar-refractivity contribution in [1.29, 1.82) is 0 Å². The summed E-state index contributed by atoms with van der Waals surface area (Å²) in [7, 11) is 1.71. The van der Waals surface area contributed by atoms with E-state index in [4.69, 9.17) is 9.94 Å². The largest absolute Gasteiger partial charge is 0.497 e. The van der Waals surface area contributed by atoms with Crippen molar-refractivity contribution in [2.75, 3.05) is 7.11 Å². The van der Waals surface area contributed by atoms with E-state index >= 15 is 0 Å². The Morgan fingerprint density at radius 3 is 2.88 bits per heavy atom. The third-order valence-electron chi connectivity index (χ3n) is 4.21. The van der Waals surface area contributed by atoms with Crippen LogP contribution in [0, 0.1) is 0 Å². The maximum absolute atomic E-state index is 8.80. The Labute approximate surface area is 101 Å². The Kier molecular flexibility index (Phi) is 2.35. The summed E-state index contributed by atoms with van der Waals surface area (Å²) in [6.45, 7) is 0. The van der Waals surface area contributed by atoms with Crippen LogP contribution in [0.15, 0.2) is 23.4 Å². The van der Waals surface area contributed by atoms with Crippen LogP contribution < -0.4 is 4.74 Å². The van der Waals surface area contributed by atoms with Crippen LogP contribution in [-0.4, -0.2) is 18.0 Å². The van der Waals surface area contributed by atoms with Gasteiger partial charge in [0.1, 0.15) is 5.75 Å². The first-order valence-corrected chi connectivity index (χ1v) is 6.15. The van der Waals surface area contributed by atoms with E-state index in [1.165, 1.54) is 24.0 Å². The van der Waals surface area contributed by atoms with Crippen LogP contribution in [0.4, 0.5) is 0 Å². The second-order valence-corrected chi connectivity index (χ2v) is 5.18. The molecular formula is C14H17NO2. The van der Waals surface area contributed by atoms with E-state index in [1.54, 1.807) is 7.11 Å². The molecule has 0 aliphatic heterocycles. The van der Waals surface area contributed by atoms with Crippen LogP contribution >= 0.6 is 0 Å². The van der Waals surface area contributed by atoms with E-state index in [0.717, 1.165) is 30.7 Å². The molecule has 0 atom stereocenters. The Morgan fingerprint density at radius 2 is 2.18 bits per heavy atom. The zero-order chi connectivity index (χ0) is 11.9. The molecule has 0 unspecified atom stereocenters. The van der Waals surface area contributed by atoms with Crippen molar-refractivity contribution < 1.29 is 9.94 Å². The van der Waals surface area contributed by atoms with Gasteiger partial charge in [-0.05, 0) is 55.4 Å². The topological polar surface area (TPSA) is 41.8 Å². The molecule has 1 saturated carbocycles. The highest BCUT2D eigenvalue weighted by atomic mass is 16.5. The van der Waals surface area contributed by atoms with Gasteiger partial charge in [0.25, 0.3) is 0 Å². The van der Waals surface area contributed by atoms with Crippen molar-refractivity contribution in [3.05, 3.63) is 29.3 Å². The second-order valence-electron chi connectivity index (χ2n) is 5.18. The van der Waals surface area contributed by atoms with Gasteiger partial charge in [-0.15, -0.1) is 0 Å². The van der Waals surface area contributed by atoms with Crippen molar-refractivity contribution in [3.8, 4) is 5.75 Å². The quantitative estimate of drug-likeness (QED) is 0.596. The standard InChI is InChI=1S/C14H17NO2/c1-17-12-4-5-13-10(7-12)3-2-6-14(13)8-11(9-14)15-16/h4-5,7,16H,2-3,6,8-9H2,1H3. The fourth-order valence-electron chi connectivity index (χ4n) is 3.34. The smallest absolute Gasteiger partial charge is 0.119 e. The predicted octanol–water partition coefficient (Wildman–Crippen LogP) is 2.89. The maximum atomic E-state index is 8.80. The summed E-state index contributed by atoms with van der Waals surface area (Å²) in [6, 6.07) is 6.39. The van der Waals surface area contributed by atoms with Gasteiger partial charge in [-0.3, -0.25) is 0 Å². The Morgan fingerprint density at radius 1 is 1.35 bits per heavy atom. The molecule has 2 aliphatic rings. The van der Waals surface area contributed by atoms with Gasteiger partial charge in [-0.1, -0.05) is 11.2 Å². The van der Waals surface area contributed by atoms with E-state index in [1.807, 2.05) is 6.07 Å². The summed E-state index contributed by atoms with van der Waals surface area (Å²) >= 11 is 0. The van der Waals surface area contributed by atoms with E-state index in [0.29, 0.717) is 0 Å². The summed E-state index contributed by atoms with van der Waals surface area (Å²) in [5, 5.41) is 12.1. The number of hydrogen-bond donors (Lipinski definition) is 1. The number of aryl methyl sites for hydroxylation is 1. The minimum Gasteiger partial charge on any atom is -0.497 e. The van der Waals surface area contributed by atoms with Crippen LogP contribution in [-0.2, 0) is 11.8 Å². The lowest BCUT2D eigenvalue weighted by molar-refractivity contribution is 0.281. The minimum absolute atomic E-state index is 0.251. The van der Waals surface area contributed by atoms with Crippen molar-refractivity contribution in [2.45, 2.75) is 37.5 Å². The minimum atomic E-state index is 0.251. The summed E-state index contributed by atoms with van der Waals surface area (Å²) in [4.78, 5) is 0. The molecule has 3 nitrogen and oxygen atoms in total. The van der Waals surface area contributed by atoms with Gasteiger partial charge < -0.3 is 9.94 Å². The molecule has 17 heavy (non-hydrogen) atoms. The fourth-order valence-corrected chi connectivity index (χ4v) is 3.34. The lowest BCUT2D eigenvalue weighted by atomic mass is 9.57. The van der Waals surface area contributed by atoms with E-state index in [2.05, 4.69) is 17.3 Å². The Hall–Kier alpha value is -1.51. The summed E-state index contributed by atoms with van der Waals surface area (Å²) in [5.74, 6) is 0.941. The third kappa shape index (κ3) is 1.53. The van der Waals surface area contributed by atoms with Crippen molar-refractivity contribution in [2.24, 2.45) is 5.16 Å². The monoisotopic (exact) mass is 231 g/mol. The lowest BCUT2D eigenvalue weighted by Crippen LogP contribution is -2.44. The van der Waals surface area contributed by atoms with Gasteiger partial charge in [-0.25, -0.2) is 0 Å². The van der Waals surface area contributed by atoms with Crippen molar-refractivity contribution in [1.82, 2.24) is 0 Å². The van der Waals surface area contributed by atoms with Gasteiger partial charge in [0.05, 0.1) is 12.8 Å². The maximum Gasteiger partial charge on any atom is 0.119 e. The highest BCUT2D eigenvalue weighted by Crippen LogP contribution is 2.50. The summed E-state index contributed by atoms with van der Waals surface area (Å²) in [6.07, 6.45) is 5.41. The molecule has 0 aromatic heterocycles. The van der Waals surface area contributed by atoms with Gasteiger partial charge >= 0.3 is 0 Å². The summed E-state index contributed by atoms with van der Waals surface area (Å²) in [5.41, 5.74) is 4.04. The molecule has 1 spiro atoms. The van der Waals surface area contributed by atoms with Gasteiger partial charge in [-0.2, -0.15) is 0 Å². The molecule has 1 fully saturated rings. The lowest BCUT2D eigenvalue weighted by Gasteiger charge is -2.46.